The van der Waals surface area contributed by atoms with E-state index in [2.05, 4.69) is 10.6 Å². The number of hydrogen-bond acceptors (Lipinski definition) is 5. The van der Waals surface area contributed by atoms with Gasteiger partial charge in [-0.15, -0.1) is 0 Å². The third-order valence-corrected chi connectivity index (χ3v) is 6.52. The Balaban J connectivity index is 1.78. The van der Waals surface area contributed by atoms with Crippen LogP contribution in [0.5, 0.6) is 5.75 Å². The number of nitrogens with one attached hydrogen (secondary N) is 2. The molecule has 1 saturated carbocycles. The van der Waals surface area contributed by atoms with Crippen molar-refractivity contribution in [2.45, 2.75) is 71.6 Å². The predicted molar refractivity (Wildman–Crippen MR) is 142 cm³/mol. The summed E-state index contributed by atoms with van der Waals surface area (Å²) in [5.74, 6) is -0.0153. The summed E-state index contributed by atoms with van der Waals surface area (Å²) in [4.78, 5) is 41.4. The van der Waals surface area contributed by atoms with Crippen LogP contribution < -0.4 is 15.4 Å². The number of nitrogens with zero attached hydrogens (tertiary/aromatic N) is 1. The van der Waals surface area contributed by atoms with Crippen LogP contribution in [0.2, 0.25) is 0 Å². The zero-order chi connectivity index (χ0) is 27.1. The van der Waals surface area contributed by atoms with Gasteiger partial charge in [-0.05, 0) is 61.1 Å². The smallest absolute Gasteiger partial charge is 0.268 e. The number of aliphatic hydroxyl groups is 1. The van der Waals surface area contributed by atoms with Crippen LogP contribution in [0.1, 0.15) is 65.0 Å². The summed E-state index contributed by atoms with van der Waals surface area (Å²) >= 11 is 0. The second-order valence-electron chi connectivity index (χ2n) is 10.8. The van der Waals surface area contributed by atoms with Gasteiger partial charge in [0.05, 0.1) is 13.2 Å². The van der Waals surface area contributed by atoms with Crippen LogP contribution in [-0.2, 0) is 14.4 Å². The first-order chi connectivity index (χ1) is 17.6. The highest BCUT2D eigenvalue weighted by Gasteiger charge is 2.36. The summed E-state index contributed by atoms with van der Waals surface area (Å²) in [6.07, 6.45) is 7.18. The molecule has 1 aromatic rings. The van der Waals surface area contributed by atoms with Gasteiger partial charge in [-0.25, -0.2) is 0 Å². The molecular weight excluding hydrogens is 470 g/mol. The van der Waals surface area contributed by atoms with E-state index >= 15 is 0 Å². The second kappa shape index (κ2) is 12.9. The minimum Gasteiger partial charge on any atom is -0.497 e. The quantitative estimate of drug-likeness (QED) is 0.311. The van der Waals surface area contributed by atoms with Crippen molar-refractivity contribution in [3.8, 4) is 5.75 Å². The molecule has 202 valence electrons. The summed E-state index contributed by atoms with van der Waals surface area (Å²) in [7, 11) is 1.62. The number of allylic oxidation sites excluding steroid dienone is 1. The molecule has 1 heterocycles. The van der Waals surface area contributed by atoms with Crippen molar-refractivity contribution in [1.82, 2.24) is 15.5 Å². The van der Waals surface area contributed by atoms with Crippen LogP contribution in [0.4, 0.5) is 0 Å². The molecular formula is C29H41N3O5. The molecule has 3 atom stereocenters. The van der Waals surface area contributed by atoms with Gasteiger partial charge >= 0.3 is 0 Å². The lowest BCUT2D eigenvalue weighted by atomic mass is 10.0. The third kappa shape index (κ3) is 8.18. The number of amides is 3. The molecule has 0 bridgehead atoms. The van der Waals surface area contributed by atoms with E-state index in [0.717, 1.165) is 24.2 Å². The number of ether oxygens (including phenoxy) is 1. The summed E-state index contributed by atoms with van der Waals surface area (Å²) in [6.45, 7) is 8.22. The number of hydrogen-bond donors (Lipinski definition) is 3. The molecule has 3 rings (SSSR count). The van der Waals surface area contributed by atoms with E-state index in [9.17, 15) is 19.5 Å². The van der Waals surface area contributed by atoms with Crippen LogP contribution in [0.3, 0.4) is 0 Å². The average Bonchev–Trinajstić information content (AvgIpc) is 3.68. The highest BCUT2D eigenvalue weighted by Crippen LogP contribution is 2.35. The molecule has 1 aliphatic heterocycles. The van der Waals surface area contributed by atoms with Crippen molar-refractivity contribution < 1.29 is 24.2 Å². The first-order valence-electron chi connectivity index (χ1n) is 13.2. The Kier molecular flexibility index (Phi) is 9.92. The lowest BCUT2D eigenvalue weighted by molar-refractivity contribution is -0.137. The van der Waals surface area contributed by atoms with Crippen molar-refractivity contribution in [3.05, 3.63) is 53.8 Å². The molecule has 0 radical (unpaired) electrons. The molecule has 8 heteroatoms. The maximum Gasteiger partial charge on any atom is 0.268 e. The SMILES string of the molecule is COc1ccc([C@@H]2C=CC[C@H](NC(=O)/C(=C\C(C)C)NC(=O)[C@@H](O)CC(C)C)C(=O)N2CC2CC2)cc1. The summed E-state index contributed by atoms with van der Waals surface area (Å²) in [5, 5.41) is 15.6. The molecule has 1 aliphatic carbocycles. The lowest BCUT2D eigenvalue weighted by Crippen LogP contribution is -2.50. The van der Waals surface area contributed by atoms with Gasteiger partial charge in [0.2, 0.25) is 5.91 Å². The Morgan fingerprint density at radius 3 is 2.41 bits per heavy atom. The number of carbonyl (C=O) groups excluding carboxylic acids is 3. The van der Waals surface area contributed by atoms with E-state index in [1.54, 1.807) is 13.2 Å². The zero-order valence-electron chi connectivity index (χ0n) is 22.6. The predicted octanol–water partition coefficient (Wildman–Crippen LogP) is 3.48. The minimum absolute atomic E-state index is 0.0289. The van der Waals surface area contributed by atoms with Crippen molar-refractivity contribution in [1.29, 1.82) is 0 Å². The maximum atomic E-state index is 13.7. The Bertz CT molecular complexity index is 1010. The fourth-order valence-corrected chi connectivity index (χ4v) is 4.39. The molecule has 2 aliphatic rings. The molecule has 1 fully saturated rings. The topological polar surface area (TPSA) is 108 Å². The van der Waals surface area contributed by atoms with Crippen molar-refractivity contribution >= 4 is 17.7 Å². The van der Waals surface area contributed by atoms with Crippen LogP contribution >= 0.6 is 0 Å². The summed E-state index contributed by atoms with van der Waals surface area (Å²) < 4.78 is 5.28. The molecule has 0 unspecified atom stereocenters. The normalized spacial score (nSPS) is 21.1. The number of benzene rings is 1. The first kappa shape index (κ1) is 28.4. The van der Waals surface area contributed by atoms with E-state index in [1.807, 2.05) is 69.0 Å². The van der Waals surface area contributed by atoms with Gasteiger partial charge in [-0.2, -0.15) is 0 Å². The summed E-state index contributed by atoms with van der Waals surface area (Å²) in [5.41, 5.74) is 1.02. The second-order valence-corrected chi connectivity index (χ2v) is 10.8. The fraction of sp³-hybridized carbons (Fsp3) is 0.552. The largest absolute Gasteiger partial charge is 0.497 e. The van der Waals surface area contributed by atoms with Crippen LogP contribution in [0.25, 0.3) is 0 Å². The van der Waals surface area contributed by atoms with Gasteiger partial charge in [0.15, 0.2) is 0 Å². The van der Waals surface area contributed by atoms with E-state index in [0.29, 0.717) is 18.9 Å². The molecule has 37 heavy (non-hydrogen) atoms. The first-order valence-corrected chi connectivity index (χ1v) is 13.2. The fourth-order valence-electron chi connectivity index (χ4n) is 4.39. The Morgan fingerprint density at radius 2 is 1.84 bits per heavy atom. The summed E-state index contributed by atoms with van der Waals surface area (Å²) in [6, 6.07) is 6.68. The average molecular weight is 512 g/mol. The van der Waals surface area contributed by atoms with Gasteiger partial charge in [0, 0.05) is 6.54 Å². The van der Waals surface area contributed by atoms with Gasteiger partial charge in [-0.1, -0.05) is 58.1 Å². The standard InChI is InChI=1S/C29H41N3O5/c1-18(2)15-24(31-28(35)26(33)16-19(3)4)27(34)30-23-7-6-8-25(21-11-13-22(37-5)14-12-21)32(29(23)36)17-20-9-10-20/h6,8,11-15,18-20,23,25-26,33H,7,9-10,16-17H2,1-5H3,(H,30,34)(H,31,35)/b24-15+/t23-,25-,26-/m0/s1. The van der Waals surface area contributed by atoms with E-state index < -0.39 is 24.0 Å². The number of methoxy groups -OCH3 is 1. The Hall–Kier alpha value is -3.13. The maximum absolute atomic E-state index is 13.7. The van der Waals surface area contributed by atoms with E-state index in [-0.39, 0.29) is 35.9 Å². The highest BCUT2D eigenvalue weighted by molar-refractivity contribution is 6.00. The van der Waals surface area contributed by atoms with Crippen molar-refractivity contribution in [3.63, 3.8) is 0 Å². The lowest BCUT2D eigenvalue weighted by Gasteiger charge is -2.32. The van der Waals surface area contributed by atoms with E-state index in [4.69, 9.17) is 4.74 Å². The van der Waals surface area contributed by atoms with Crippen molar-refractivity contribution in [2.75, 3.05) is 13.7 Å². The minimum atomic E-state index is -1.22. The zero-order valence-corrected chi connectivity index (χ0v) is 22.6. The molecule has 8 nitrogen and oxygen atoms in total. The van der Waals surface area contributed by atoms with Crippen LogP contribution in [0.15, 0.2) is 48.2 Å². The molecule has 3 N–H and O–H groups in total. The number of rotatable bonds is 11. The Labute approximate surface area is 220 Å². The Morgan fingerprint density at radius 1 is 1.16 bits per heavy atom. The van der Waals surface area contributed by atoms with E-state index in [1.165, 1.54) is 0 Å². The third-order valence-electron chi connectivity index (χ3n) is 6.52. The molecule has 1 aromatic carbocycles. The molecule has 3 amide bonds. The monoisotopic (exact) mass is 511 g/mol. The number of aliphatic hydroxyl groups excluding tert-OH is 1. The van der Waals surface area contributed by atoms with Crippen LogP contribution in [-0.4, -0.2) is 53.5 Å². The molecule has 0 saturated heterocycles. The van der Waals surface area contributed by atoms with Crippen LogP contribution in [0, 0.1) is 17.8 Å². The van der Waals surface area contributed by atoms with Crippen molar-refractivity contribution in [2.24, 2.45) is 17.8 Å². The van der Waals surface area contributed by atoms with Gasteiger partial charge in [0.25, 0.3) is 11.8 Å². The molecule has 0 aromatic heterocycles. The molecule has 0 spiro atoms. The van der Waals surface area contributed by atoms with Gasteiger partial charge < -0.3 is 25.4 Å². The highest BCUT2D eigenvalue weighted by atomic mass is 16.5. The van der Waals surface area contributed by atoms with Gasteiger partial charge in [0.1, 0.15) is 23.6 Å². The van der Waals surface area contributed by atoms with Gasteiger partial charge in [-0.3, -0.25) is 14.4 Å². The number of carbonyl (C=O) groups is 3.